The van der Waals surface area contributed by atoms with E-state index in [4.69, 9.17) is 4.74 Å². The van der Waals surface area contributed by atoms with Gasteiger partial charge in [0, 0.05) is 12.8 Å². The number of carbonyl (C=O) groups is 1. The van der Waals surface area contributed by atoms with Gasteiger partial charge in [0.05, 0.1) is 6.04 Å². The van der Waals surface area contributed by atoms with Crippen LogP contribution >= 0.6 is 0 Å². The third-order valence-electron chi connectivity index (χ3n) is 2.87. The first-order chi connectivity index (χ1) is 5.73. The smallest absolute Gasteiger partial charge is 0.408 e. The third kappa shape index (κ3) is 1.06. The molecule has 2 aliphatic heterocycles. The first-order valence-corrected chi connectivity index (χ1v) is 4.43. The maximum absolute atomic E-state index is 11.0. The van der Waals surface area contributed by atoms with Crippen LogP contribution in [0.25, 0.3) is 0 Å². The van der Waals surface area contributed by atoms with Crippen molar-refractivity contribution < 1.29 is 9.53 Å². The zero-order chi connectivity index (χ0) is 8.60. The molecule has 1 atom stereocenters. The van der Waals surface area contributed by atoms with E-state index in [1.807, 2.05) is 6.92 Å². The molecule has 1 spiro atoms. The highest BCUT2D eigenvalue weighted by atomic mass is 16.6. The lowest BCUT2D eigenvalue weighted by atomic mass is 9.86. The number of amides is 1. The van der Waals surface area contributed by atoms with Gasteiger partial charge in [0.2, 0.25) is 0 Å². The molecule has 1 unspecified atom stereocenters. The van der Waals surface area contributed by atoms with Gasteiger partial charge in [0.1, 0.15) is 5.60 Å². The summed E-state index contributed by atoms with van der Waals surface area (Å²) in [6.45, 7) is 3.90. The van der Waals surface area contributed by atoms with Crippen molar-refractivity contribution in [2.24, 2.45) is 0 Å². The third-order valence-corrected chi connectivity index (χ3v) is 2.87. The van der Waals surface area contributed by atoms with E-state index >= 15 is 0 Å². The highest BCUT2D eigenvalue weighted by Crippen LogP contribution is 2.31. The summed E-state index contributed by atoms with van der Waals surface area (Å²) in [5.74, 6) is 0. The van der Waals surface area contributed by atoms with Gasteiger partial charge in [-0.25, -0.2) is 4.79 Å². The molecule has 2 N–H and O–H groups in total. The average Bonchev–Trinajstić information content (AvgIpc) is 2.29. The molecule has 0 bridgehead atoms. The molecule has 4 heteroatoms. The Balaban J connectivity index is 2.13. The van der Waals surface area contributed by atoms with Gasteiger partial charge < -0.3 is 15.4 Å². The van der Waals surface area contributed by atoms with Gasteiger partial charge in [-0.3, -0.25) is 0 Å². The van der Waals surface area contributed by atoms with Crippen LogP contribution in [0.15, 0.2) is 0 Å². The van der Waals surface area contributed by atoms with Gasteiger partial charge in [-0.2, -0.15) is 0 Å². The summed E-state index contributed by atoms with van der Waals surface area (Å²) >= 11 is 0. The number of nitrogens with one attached hydrogen (secondary N) is 2. The zero-order valence-corrected chi connectivity index (χ0v) is 7.22. The van der Waals surface area contributed by atoms with E-state index in [9.17, 15) is 4.79 Å². The monoisotopic (exact) mass is 170 g/mol. The standard InChI is InChI=1S/C8H14N2O2/c1-6-8(12-7(11)10-6)2-4-9-5-3-8/h6,9H,2-5H2,1H3,(H,10,11). The first kappa shape index (κ1) is 7.86. The fraction of sp³-hybridized carbons (Fsp3) is 0.875. The van der Waals surface area contributed by atoms with Crippen molar-refractivity contribution in [3.8, 4) is 0 Å². The minimum absolute atomic E-state index is 0.159. The van der Waals surface area contributed by atoms with E-state index in [2.05, 4.69) is 10.6 Å². The van der Waals surface area contributed by atoms with E-state index in [0.29, 0.717) is 0 Å². The van der Waals surface area contributed by atoms with Crippen LogP contribution in [-0.4, -0.2) is 30.8 Å². The Morgan fingerprint density at radius 1 is 1.50 bits per heavy atom. The molecule has 0 aromatic heterocycles. The average molecular weight is 170 g/mol. The molecule has 4 nitrogen and oxygen atoms in total. The fourth-order valence-corrected chi connectivity index (χ4v) is 2.00. The quantitative estimate of drug-likeness (QED) is 0.547. The minimum atomic E-state index is -0.260. The molecule has 0 radical (unpaired) electrons. The number of rotatable bonds is 0. The summed E-state index contributed by atoms with van der Waals surface area (Å²) < 4.78 is 5.31. The molecule has 0 aromatic rings. The maximum Gasteiger partial charge on any atom is 0.408 e. The Bertz CT molecular complexity index is 199. The van der Waals surface area contributed by atoms with Crippen LogP contribution in [0.3, 0.4) is 0 Å². The Hall–Kier alpha value is -0.770. The molecule has 0 aromatic carbocycles. The summed E-state index contributed by atoms with van der Waals surface area (Å²) in [6, 6.07) is 0.159. The lowest BCUT2D eigenvalue weighted by Gasteiger charge is -2.34. The van der Waals surface area contributed by atoms with Crippen molar-refractivity contribution in [1.29, 1.82) is 0 Å². The Morgan fingerprint density at radius 3 is 2.67 bits per heavy atom. The highest BCUT2D eigenvalue weighted by molar-refractivity contribution is 5.71. The first-order valence-electron chi connectivity index (χ1n) is 4.43. The number of piperidine rings is 1. The molecular formula is C8H14N2O2. The maximum atomic E-state index is 11.0. The van der Waals surface area contributed by atoms with Crippen LogP contribution in [0, 0.1) is 0 Å². The summed E-state index contributed by atoms with van der Waals surface area (Å²) in [5, 5.41) is 6.04. The van der Waals surface area contributed by atoms with Crippen LogP contribution < -0.4 is 10.6 Å². The van der Waals surface area contributed by atoms with Gasteiger partial charge in [0.25, 0.3) is 0 Å². The van der Waals surface area contributed by atoms with Crippen molar-refractivity contribution in [2.45, 2.75) is 31.4 Å². The Kier molecular flexibility index (Phi) is 1.72. The van der Waals surface area contributed by atoms with Gasteiger partial charge in [-0.1, -0.05) is 0 Å². The second-order valence-corrected chi connectivity index (χ2v) is 3.57. The highest BCUT2D eigenvalue weighted by Gasteiger charge is 2.46. The predicted molar refractivity (Wildman–Crippen MR) is 43.9 cm³/mol. The SMILES string of the molecule is CC1NC(=O)OC12CCNCC2. The summed E-state index contributed by atoms with van der Waals surface area (Å²) in [4.78, 5) is 11.0. The molecule has 0 aliphatic carbocycles. The van der Waals surface area contributed by atoms with Crippen LogP contribution in [0.5, 0.6) is 0 Å². The second kappa shape index (κ2) is 2.62. The van der Waals surface area contributed by atoms with Crippen molar-refractivity contribution in [3.05, 3.63) is 0 Å². The molecule has 12 heavy (non-hydrogen) atoms. The second-order valence-electron chi connectivity index (χ2n) is 3.57. The van der Waals surface area contributed by atoms with E-state index in [0.717, 1.165) is 25.9 Å². The topological polar surface area (TPSA) is 50.4 Å². The molecule has 2 fully saturated rings. The van der Waals surface area contributed by atoms with Crippen molar-refractivity contribution >= 4 is 6.09 Å². The molecule has 2 aliphatic rings. The van der Waals surface area contributed by atoms with E-state index in [-0.39, 0.29) is 17.7 Å². The number of carbonyl (C=O) groups excluding carboxylic acids is 1. The molecule has 68 valence electrons. The largest absolute Gasteiger partial charge is 0.441 e. The van der Waals surface area contributed by atoms with Crippen molar-refractivity contribution in [1.82, 2.24) is 10.6 Å². The number of alkyl carbamates (subject to hydrolysis) is 1. The molecule has 1 amide bonds. The Morgan fingerprint density at radius 2 is 2.17 bits per heavy atom. The van der Waals surface area contributed by atoms with Crippen LogP contribution in [0.4, 0.5) is 4.79 Å². The molecule has 2 rings (SSSR count). The summed E-state index contributed by atoms with van der Waals surface area (Å²) in [6.07, 6.45) is 1.59. The number of ether oxygens (including phenoxy) is 1. The molecule has 0 saturated carbocycles. The minimum Gasteiger partial charge on any atom is -0.441 e. The normalized spacial score (nSPS) is 33.1. The van der Waals surface area contributed by atoms with Gasteiger partial charge >= 0.3 is 6.09 Å². The fourth-order valence-electron chi connectivity index (χ4n) is 2.00. The van der Waals surface area contributed by atoms with Gasteiger partial charge in [-0.05, 0) is 20.0 Å². The van der Waals surface area contributed by atoms with Crippen LogP contribution in [0.2, 0.25) is 0 Å². The van der Waals surface area contributed by atoms with Gasteiger partial charge in [0.15, 0.2) is 0 Å². The van der Waals surface area contributed by atoms with E-state index < -0.39 is 0 Å². The van der Waals surface area contributed by atoms with Crippen molar-refractivity contribution in [3.63, 3.8) is 0 Å². The van der Waals surface area contributed by atoms with Gasteiger partial charge in [-0.15, -0.1) is 0 Å². The predicted octanol–water partition coefficient (Wildman–Crippen LogP) is 0.237. The van der Waals surface area contributed by atoms with E-state index in [1.54, 1.807) is 0 Å². The Labute approximate surface area is 71.7 Å². The number of hydrogen-bond donors (Lipinski definition) is 2. The molecule has 2 saturated heterocycles. The lowest BCUT2D eigenvalue weighted by molar-refractivity contribution is 0.0138. The lowest BCUT2D eigenvalue weighted by Crippen LogP contribution is -2.49. The molecule has 2 heterocycles. The van der Waals surface area contributed by atoms with Crippen LogP contribution in [-0.2, 0) is 4.74 Å². The summed E-state index contributed by atoms with van der Waals surface area (Å²) in [5.41, 5.74) is -0.220. The van der Waals surface area contributed by atoms with E-state index in [1.165, 1.54) is 0 Å². The van der Waals surface area contributed by atoms with Crippen LogP contribution in [0.1, 0.15) is 19.8 Å². The van der Waals surface area contributed by atoms with Crippen molar-refractivity contribution in [2.75, 3.05) is 13.1 Å². The zero-order valence-electron chi connectivity index (χ0n) is 7.22. The number of hydrogen-bond acceptors (Lipinski definition) is 3. The molecular weight excluding hydrogens is 156 g/mol. The summed E-state index contributed by atoms with van der Waals surface area (Å²) in [7, 11) is 0.